The highest BCUT2D eigenvalue weighted by atomic mass is 19.4. The molecule has 0 heterocycles. The fourth-order valence-corrected chi connectivity index (χ4v) is 1.78. The van der Waals surface area contributed by atoms with Crippen LogP contribution in [0.25, 0.3) is 0 Å². The molecule has 2 nitrogen and oxygen atoms in total. The molecule has 0 saturated heterocycles. The molecule has 0 aliphatic heterocycles. The molecule has 5 heteroatoms. The van der Waals surface area contributed by atoms with Crippen LogP contribution in [-0.4, -0.2) is 6.54 Å². The van der Waals surface area contributed by atoms with E-state index in [2.05, 4.69) is 0 Å². The van der Waals surface area contributed by atoms with Crippen LogP contribution >= 0.6 is 0 Å². The van der Waals surface area contributed by atoms with E-state index < -0.39 is 11.7 Å². The zero-order valence-corrected chi connectivity index (χ0v) is 10.7. The summed E-state index contributed by atoms with van der Waals surface area (Å²) in [6, 6.07) is 11.9. The van der Waals surface area contributed by atoms with Crippen molar-refractivity contribution in [3.05, 3.63) is 59.7 Å². The molecule has 2 rings (SSSR count). The van der Waals surface area contributed by atoms with Gasteiger partial charge in [-0.25, -0.2) is 0 Å². The highest BCUT2D eigenvalue weighted by Crippen LogP contribution is 2.31. The Hall–Kier alpha value is -2.01. The summed E-state index contributed by atoms with van der Waals surface area (Å²) in [6.07, 6.45) is -3.61. The van der Waals surface area contributed by atoms with Crippen LogP contribution in [0, 0.1) is 0 Å². The van der Waals surface area contributed by atoms with Gasteiger partial charge in [0.2, 0.25) is 0 Å². The lowest BCUT2D eigenvalue weighted by molar-refractivity contribution is -0.137. The summed E-state index contributed by atoms with van der Waals surface area (Å²) >= 11 is 0. The van der Waals surface area contributed by atoms with Crippen molar-refractivity contribution >= 4 is 0 Å². The second-order valence-electron chi connectivity index (χ2n) is 4.31. The highest BCUT2D eigenvalue weighted by Gasteiger charge is 2.30. The molecule has 0 amide bonds. The topological polar surface area (TPSA) is 35.2 Å². The summed E-state index contributed by atoms with van der Waals surface area (Å²) < 4.78 is 42.8. The molecule has 106 valence electrons. The van der Waals surface area contributed by atoms with Gasteiger partial charge in [-0.3, -0.25) is 0 Å². The van der Waals surface area contributed by atoms with Crippen LogP contribution in [0.5, 0.6) is 11.5 Å². The number of ether oxygens (including phenoxy) is 1. The Morgan fingerprint density at radius 3 is 2.25 bits per heavy atom. The maximum Gasteiger partial charge on any atom is 0.416 e. The summed E-state index contributed by atoms with van der Waals surface area (Å²) in [6.45, 7) is 0.531. The number of benzene rings is 2. The summed E-state index contributed by atoms with van der Waals surface area (Å²) in [7, 11) is 0. The minimum Gasteiger partial charge on any atom is -0.457 e. The first-order valence-corrected chi connectivity index (χ1v) is 6.13. The van der Waals surface area contributed by atoms with E-state index >= 15 is 0 Å². The van der Waals surface area contributed by atoms with Crippen LogP contribution in [0.4, 0.5) is 13.2 Å². The lowest BCUT2D eigenvalue weighted by Gasteiger charge is -2.09. The standard InChI is InChI=1S/C15H14F3NO/c16-15(17,18)12-4-6-13(7-5-12)20-14-3-1-2-11(10-14)8-9-19/h1-7,10H,8-9,19H2. The molecule has 0 aromatic heterocycles. The Morgan fingerprint density at radius 2 is 1.65 bits per heavy atom. The average molecular weight is 281 g/mol. The molecule has 2 aromatic rings. The van der Waals surface area contributed by atoms with Crippen molar-refractivity contribution in [3.8, 4) is 11.5 Å². The molecule has 20 heavy (non-hydrogen) atoms. The average Bonchev–Trinajstić information content (AvgIpc) is 2.39. The van der Waals surface area contributed by atoms with Crippen molar-refractivity contribution in [3.63, 3.8) is 0 Å². The van der Waals surface area contributed by atoms with E-state index in [-0.39, 0.29) is 0 Å². The molecule has 0 radical (unpaired) electrons. The Labute approximate surface area is 115 Å². The van der Waals surface area contributed by atoms with Gasteiger partial charge in [0.25, 0.3) is 0 Å². The quantitative estimate of drug-likeness (QED) is 0.919. The minimum atomic E-state index is -4.33. The molecule has 0 bridgehead atoms. The van der Waals surface area contributed by atoms with Crippen LogP contribution in [-0.2, 0) is 12.6 Å². The van der Waals surface area contributed by atoms with E-state index in [1.165, 1.54) is 12.1 Å². The number of nitrogens with two attached hydrogens (primary N) is 1. The fraction of sp³-hybridized carbons (Fsp3) is 0.200. The van der Waals surface area contributed by atoms with Crippen molar-refractivity contribution in [2.24, 2.45) is 5.73 Å². The Balaban J connectivity index is 2.12. The van der Waals surface area contributed by atoms with Gasteiger partial charge in [0.1, 0.15) is 11.5 Å². The SMILES string of the molecule is NCCc1cccc(Oc2ccc(C(F)(F)F)cc2)c1. The summed E-state index contributed by atoms with van der Waals surface area (Å²) in [5, 5.41) is 0. The lowest BCUT2D eigenvalue weighted by Crippen LogP contribution is -2.04. The third-order valence-electron chi connectivity index (χ3n) is 2.75. The molecular weight excluding hydrogens is 267 g/mol. The van der Waals surface area contributed by atoms with Crippen LogP contribution in [0.15, 0.2) is 48.5 Å². The summed E-state index contributed by atoms with van der Waals surface area (Å²) in [5.41, 5.74) is 5.81. The molecule has 0 fully saturated rings. The van der Waals surface area contributed by atoms with Gasteiger partial charge >= 0.3 is 6.18 Å². The third-order valence-corrected chi connectivity index (χ3v) is 2.75. The summed E-state index contributed by atoms with van der Waals surface area (Å²) in [5.74, 6) is 0.943. The second kappa shape index (κ2) is 5.96. The van der Waals surface area contributed by atoms with E-state index in [9.17, 15) is 13.2 Å². The molecule has 0 unspecified atom stereocenters. The fourth-order valence-electron chi connectivity index (χ4n) is 1.78. The number of halogens is 3. The maximum absolute atomic E-state index is 12.4. The van der Waals surface area contributed by atoms with Crippen LogP contribution < -0.4 is 10.5 Å². The summed E-state index contributed by atoms with van der Waals surface area (Å²) in [4.78, 5) is 0. The van der Waals surface area contributed by atoms with Crippen molar-refractivity contribution in [2.75, 3.05) is 6.54 Å². The van der Waals surface area contributed by atoms with Crippen molar-refractivity contribution in [2.45, 2.75) is 12.6 Å². The van der Waals surface area contributed by atoms with Gasteiger partial charge in [0, 0.05) is 0 Å². The normalized spacial score (nSPS) is 11.4. The molecular formula is C15H14F3NO. The number of hydrogen-bond donors (Lipinski definition) is 1. The molecule has 2 N–H and O–H groups in total. The first-order valence-electron chi connectivity index (χ1n) is 6.13. The van der Waals surface area contributed by atoms with Gasteiger partial charge in [-0.15, -0.1) is 0 Å². The van der Waals surface area contributed by atoms with Gasteiger partial charge in [-0.1, -0.05) is 12.1 Å². The van der Waals surface area contributed by atoms with E-state index in [1.54, 1.807) is 6.07 Å². The van der Waals surface area contributed by atoms with Crippen LogP contribution in [0.2, 0.25) is 0 Å². The van der Waals surface area contributed by atoms with Gasteiger partial charge in [-0.2, -0.15) is 13.2 Å². The van der Waals surface area contributed by atoms with E-state index in [1.807, 2.05) is 18.2 Å². The Morgan fingerprint density at radius 1 is 0.950 bits per heavy atom. The molecule has 0 atom stereocenters. The zero-order chi connectivity index (χ0) is 14.6. The Bertz CT molecular complexity index is 564. The molecule has 0 spiro atoms. The van der Waals surface area contributed by atoms with Gasteiger partial charge in [0.15, 0.2) is 0 Å². The number of rotatable bonds is 4. The zero-order valence-electron chi connectivity index (χ0n) is 10.7. The van der Waals surface area contributed by atoms with Gasteiger partial charge < -0.3 is 10.5 Å². The number of alkyl halides is 3. The minimum absolute atomic E-state index is 0.364. The smallest absolute Gasteiger partial charge is 0.416 e. The lowest BCUT2D eigenvalue weighted by atomic mass is 10.1. The maximum atomic E-state index is 12.4. The van der Waals surface area contributed by atoms with E-state index in [0.717, 1.165) is 24.1 Å². The van der Waals surface area contributed by atoms with Crippen LogP contribution in [0.1, 0.15) is 11.1 Å². The largest absolute Gasteiger partial charge is 0.457 e. The van der Waals surface area contributed by atoms with E-state index in [4.69, 9.17) is 10.5 Å². The molecule has 0 saturated carbocycles. The second-order valence-corrected chi connectivity index (χ2v) is 4.31. The molecule has 2 aromatic carbocycles. The van der Waals surface area contributed by atoms with E-state index in [0.29, 0.717) is 18.0 Å². The first-order chi connectivity index (χ1) is 9.49. The third kappa shape index (κ3) is 3.74. The Kier molecular flexibility index (Phi) is 4.29. The molecule has 0 aliphatic carbocycles. The first kappa shape index (κ1) is 14.4. The van der Waals surface area contributed by atoms with Gasteiger partial charge in [0.05, 0.1) is 5.56 Å². The monoisotopic (exact) mass is 281 g/mol. The van der Waals surface area contributed by atoms with Crippen molar-refractivity contribution < 1.29 is 17.9 Å². The predicted molar refractivity (Wildman–Crippen MR) is 70.7 cm³/mol. The highest BCUT2D eigenvalue weighted by molar-refractivity contribution is 5.35. The van der Waals surface area contributed by atoms with Gasteiger partial charge in [-0.05, 0) is 54.9 Å². The number of hydrogen-bond acceptors (Lipinski definition) is 2. The molecule has 0 aliphatic rings. The van der Waals surface area contributed by atoms with Crippen LogP contribution in [0.3, 0.4) is 0 Å². The predicted octanol–water partition coefficient (Wildman–Crippen LogP) is 4.00. The van der Waals surface area contributed by atoms with Crippen molar-refractivity contribution in [1.82, 2.24) is 0 Å². The van der Waals surface area contributed by atoms with Crippen molar-refractivity contribution in [1.29, 1.82) is 0 Å².